The molecule has 0 aromatic heterocycles. The predicted molar refractivity (Wildman–Crippen MR) is 158 cm³/mol. The van der Waals surface area contributed by atoms with Gasteiger partial charge >= 0.3 is 6.09 Å². The molecule has 0 rings (SSSR count). The lowest BCUT2D eigenvalue weighted by molar-refractivity contribution is -0.0459. The third-order valence-electron chi connectivity index (χ3n) is 7.21. The lowest BCUT2D eigenvalue weighted by Gasteiger charge is -2.17. The van der Waals surface area contributed by atoms with Gasteiger partial charge in [-0.25, -0.2) is 4.79 Å². The Hall–Kier alpha value is -0.810. The summed E-state index contributed by atoms with van der Waals surface area (Å²) in [4.78, 5) is 11.0. The third-order valence-corrected chi connectivity index (χ3v) is 7.21. The van der Waals surface area contributed by atoms with E-state index < -0.39 is 6.09 Å². The zero-order valence-corrected chi connectivity index (χ0v) is 25.1. The Kier molecular flexibility index (Phi) is 30.7. The van der Waals surface area contributed by atoms with Crippen LogP contribution < -0.4 is 5.73 Å². The van der Waals surface area contributed by atoms with Crippen molar-refractivity contribution >= 4 is 6.09 Å². The molecule has 5 heteroatoms. The second-order valence-corrected chi connectivity index (χ2v) is 11.0. The number of primary amides is 1. The van der Waals surface area contributed by atoms with Gasteiger partial charge in [0, 0.05) is 13.2 Å². The zero-order valence-electron chi connectivity index (χ0n) is 25.1. The molecule has 0 aliphatic heterocycles. The van der Waals surface area contributed by atoms with E-state index in [4.69, 9.17) is 19.9 Å². The van der Waals surface area contributed by atoms with Crippen molar-refractivity contribution in [3.05, 3.63) is 0 Å². The number of carbonyl (C=O) groups excluding carboxylic acids is 1. The topological polar surface area (TPSA) is 70.8 Å². The summed E-state index contributed by atoms with van der Waals surface area (Å²) in [6, 6.07) is 0. The maximum atomic E-state index is 11.0. The fourth-order valence-electron chi connectivity index (χ4n) is 4.77. The van der Waals surface area contributed by atoms with Gasteiger partial charge < -0.3 is 19.9 Å². The van der Waals surface area contributed by atoms with Crippen molar-refractivity contribution in [2.75, 3.05) is 26.4 Å². The average molecular weight is 528 g/mol. The molecular formula is C32H65NO4. The van der Waals surface area contributed by atoms with Crippen LogP contribution in [0.2, 0.25) is 0 Å². The number of carbonyl (C=O) groups is 1. The molecule has 37 heavy (non-hydrogen) atoms. The van der Waals surface area contributed by atoms with Crippen LogP contribution in [0.1, 0.15) is 168 Å². The van der Waals surface area contributed by atoms with Crippen molar-refractivity contribution in [2.45, 2.75) is 174 Å². The highest BCUT2D eigenvalue weighted by atomic mass is 16.6. The van der Waals surface area contributed by atoms with E-state index in [-0.39, 0.29) is 12.7 Å². The fourth-order valence-corrected chi connectivity index (χ4v) is 4.77. The molecule has 2 N–H and O–H groups in total. The van der Waals surface area contributed by atoms with E-state index >= 15 is 0 Å². The molecule has 0 aromatic rings. The molecule has 0 fully saturated rings. The molecule has 0 saturated heterocycles. The Morgan fingerprint density at radius 3 is 1.24 bits per heavy atom. The predicted octanol–water partition coefficient (Wildman–Crippen LogP) is 9.89. The maximum absolute atomic E-state index is 11.0. The molecule has 0 radical (unpaired) electrons. The van der Waals surface area contributed by atoms with Crippen LogP contribution >= 0.6 is 0 Å². The van der Waals surface area contributed by atoms with Crippen molar-refractivity contribution in [3.8, 4) is 0 Å². The molecule has 1 amide bonds. The first-order valence-electron chi connectivity index (χ1n) is 16.3. The van der Waals surface area contributed by atoms with Crippen molar-refractivity contribution in [3.63, 3.8) is 0 Å². The van der Waals surface area contributed by atoms with E-state index in [1.54, 1.807) is 0 Å². The summed E-state index contributed by atoms with van der Waals surface area (Å²) in [5, 5.41) is 0. The third kappa shape index (κ3) is 31.3. The summed E-state index contributed by atoms with van der Waals surface area (Å²) < 4.78 is 16.7. The van der Waals surface area contributed by atoms with E-state index in [1.165, 1.54) is 141 Å². The van der Waals surface area contributed by atoms with E-state index in [2.05, 4.69) is 13.8 Å². The summed E-state index contributed by atoms with van der Waals surface area (Å²) in [5.74, 6) is 0. The molecule has 0 saturated carbocycles. The monoisotopic (exact) mass is 527 g/mol. The molecule has 0 bridgehead atoms. The highest BCUT2D eigenvalue weighted by molar-refractivity contribution is 5.64. The minimum Gasteiger partial charge on any atom is -0.447 e. The molecule has 0 aromatic carbocycles. The smallest absolute Gasteiger partial charge is 0.404 e. The summed E-state index contributed by atoms with van der Waals surface area (Å²) >= 11 is 0. The number of ether oxygens (including phenoxy) is 3. The molecule has 1 unspecified atom stereocenters. The molecular weight excluding hydrogens is 462 g/mol. The van der Waals surface area contributed by atoms with E-state index in [0.29, 0.717) is 13.2 Å². The number of hydrogen-bond donors (Lipinski definition) is 1. The standard InChI is InChI=1S/C32H65NO4/c1-3-5-7-9-11-13-15-17-19-21-23-25-27-35-29-31(30-37-32(33)34)36-28-26-24-22-20-18-16-14-12-10-8-6-4-2/h31H,3-30H2,1-2H3,(H2,33,34). The van der Waals surface area contributed by atoms with Gasteiger partial charge in [-0.1, -0.05) is 155 Å². The molecule has 0 spiro atoms. The number of rotatable bonds is 31. The molecule has 222 valence electrons. The number of amides is 1. The fraction of sp³-hybridized carbons (Fsp3) is 0.969. The number of hydrogen-bond acceptors (Lipinski definition) is 4. The quantitative estimate of drug-likeness (QED) is 0.0910. The van der Waals surface area contributed by atoms with E-state index in [1.807, 2.05) is 0 Å². The summed E-state index contributed by atoms with van der Waals surface area (Å²) in [7, 11) is 0. The second-order valence-electron chi connectivity index (χ2n) is 11.0. The van der Waals surface area contributed by atoms with Gasteiger partial charge in [-0.2, -0.15) is 0 Å². The first-order valence-corrected chi connectivity index (χ1v) is 16.3. The SMILES string of the molecule is CCCCCCCCCCCCCCOCC(COC(N)=O)OCCCCCCCCCCCCCC. The summed E-state index contributed by atoms with van der Waals surface area (Å²) in [5.41, 5.74) is 5.14. The second kappa shape index (κ2) is 31.4. The molecule has 0 heterocycles. The van der Waals surface area contributed by atoms with Gasteiger partial charge in [-0.3, -0.25) is 0 Å². The van der Waals surface area contributed by atoms with Crippen LogP contribution in [0.3, 0.4) is 0 Å². The van der Waals surface area contributed by atoms with Crippen molar-refractivity contribution in [2.24, 2.45) is 5.73 Å². The van der Waals surface area contributed by atoms with Gasteiger partial charge in [-0.05, 0) is 12.8 Å². The van der Waals surface area contributed by atoms with Crippen LogP contribution in [0.15, 0.2) is 0 Å². The van der Waals surface area contributed by atoms with Crippen LogP contribution in [0.5, 0.6) is 0 Å². The molecule has 1 atom stereocenters. The van der Waals surface area contributed by atoms with Crippen LogP contribution in [-0.4, -0.2) is 38.6 Å². The van der Waals surface area contributed by atoms with Crippen LogP contribution in [0, 0.1) is 0 Å². The molecule has 0 aliphatic rings. The van der Waals surface area contributed by atoms with E-state index in [9.17, 15) is 4.79 Å². The highest BCUT2D eigenvalue weighted by Gasteiger charge is 2.12. The normalized spacial score (nSPS) is 12.2. The van der Waals surface area contributed by atoms with Crippen molar-refractivity contribution < 1.29 is 19.0 Å². The lowest BCUT2D eigenvalue weighted by atomic mass is 10.1. The Bertz CT molecular complexity index is 447. The van der Waals surface area contributed by atoms with Crippen LogP contribution in [-0.2, 0) is 14.2 Å². The molecule has 5 nitrogen and oxygen atoms in total. The van der Waals surface area contributed by atoms with Crippen LogP contribution in [0.25, 0.3) is 0 Å². The first kappa shape index (κ1) is 36.2. The van der Waals surface area contributed by atoms with Gasteiger partial charge in [-0.15, -0.1) is 0 Å². The van der Waals surface area contributed by atoms with Gasteiger partial charge in [0.1, 0.15) is 12.7 Å². The Morgan fingerprint density at radius 2 is 0.865 bits per heavy atom. The van der Waals surface area contributed by atoms with Crippen molar-refractivity contribution in [1.29, 1.82) is 0 Å². The van der Waals surface area contributed by atoms with Gasteiger partial charge in [0.05, 0.1) is 6.61 Å². The van der Waals surface area contributed by atoms with Gasteiger partial charge in [0.25, 0.3) is 0 Å². The summed E-state index contributed by atoms with van der Waals surface area (Å²) in [6.45, 7) is 6.61. The lowest BCUT2D eigenvalue weighted by Crippen LogP contribution is -2.29. The minimum atomic E-state index is -0.750. The molecule has 0 aliphatic carbocycles. The largest absolute Gasteiger partial charge is 0.447 e. The van der Waals surface area contributed by atoms with E-state index in [0.717, 1.165) is 19.4 Å². The Balaban J connectivity index is 3.58. The maximum Gasteiger partial charge on any atom is 0.404 e. The Morgan fingerprint density at radius 1 is 0.514 bits per heavy atom. The van der Waals surface area contributed by atoms with Crippen molar-refractivity contribution in [1.82, 2.24) is 0 Å². The van der Waals surface area contributed by atoms with Gasteiger partial charge in [0.15, 0.2) is 0 Å². The van der Waals surface area contributed by atoms with Gasteiger partial charge in [0.2, 0.25) is 0 Å². The minimum absolute atomic E-state index is 0.173. The average Bonchev–Trinajstić information content (AvgIpc) is 2.89. The highest BCUT2D eigenvalue weighted by Crippen LogP contribution is 2.13. The van der Waals surface area contributed by atoms with Crippen LogP contribution in [0.4, 0.5) is 4.79 Å². The summed E-state index contributed by atoms with van der Waals surface area (Å²) in [6.07, 6.45) is 31.0. The number of unbranched alkanes of at least 4 members (excludes halogenated alkanes) is 22. The number of nitrogens with two attached hydrogens (primary N) is 1. The Labute approximate surface area is 231 Å². The zero-order chi connectivity index (χ0) is 27.1. The first-order chi connectivity index (χ1) is 18.2.